The van der Waals surface area contributed by atoms with Crippen LogP contribution in [0, 0.1) is 5.82 Å². The van der Waals surface area contributed by atoms with Gasteiger partial charge in [0.2, 0.25) is 5.91 Å². The van der Waals surface area contributed by atoms with Crippen molar-refractivity contribution in [3.63, 3.8) is 0 Å². The highest BCUT2D eigenvalue weighted by molar-refractivity contribution is 5.91. The van der Waals surface area contributed by atoms with E-state index in [2.05, 4.69) is 10.1 Å². The van der Waals surface area contributed by atoms with Crippen molar-refractivity contribution in [2.75, 3.05) is 27.2 Å². The van der Waals surface area contributed by atoms with Crippen LogP contribution in [0.4, 0.5) is 13.2 Å². The Hall–Kier alpha value is -3.00. The molecule has 0 heterocycles. The highest BCUT2D eigenvalue weighted by Gasteiger charge is 2.15. The quantitative estimate of drug-likeness (QED) is 0.582. The lowest BCUT2D eigenvalue weighted by Gasteiger charge is -2.24. The Morgan fingerprint density at radius 2 is 1.93 bits per heavy atom. The van der Waals surface area contributed by atoms with Crippen LogP contribution in [-0.2, 0) is 4.79 Å². The first-order valence-corrected chi connectivity index (χ1v) is 9.39. The van der Waals surface area contributed by atoms with Crippen LogP contribution in [0.15, 0.2) is 48.5 Å². The van der Waals surface area contributed by atoms with Crippen LogP contribution < -0.4 is 14.8 Å². The van der Waals surface area contributed by atoms with Gasteiger partial charge in [0, 0.05) is 12.6 Å². The molecule has 8 heteroatoms. The lowest BCUT2D eigenvalue weighted by atomic mass is 10.1. The molecule has 2 aromatic rings. The molecule has 1 unspecified atom stereocenters. The number of ether oxygens (including phenoxy) is 2. The predicted octanol–water partition coefficient (Wildman–Crippen LogP) is 4.26. The zero-order chi connectivity index (χ0) is 22.1. The van der Waals surface area contributed by atoms with Gasteiger partial charge in [-0.05, 0) is 62.5 Å². The van der Waals surface area contributed by atoms with Crippen LogP contribution in [0.1, 0.15) is 24.1 Å². The molecule has 0 spiro atoms. The molecule has 0 aliphatic heterocycles. The third-order valence-corrected chi connectivity index (χ3v) is 4.24. The summed E-state index contributed by atoms with van der Waals surface area (Å²) in [5.41, 5.74) is 1.34. The molecule has 0 aromatic heterocycles. The lowest BCUT2D eigenvalue weighted by molar-refractivity contribution is -0.116. The Bertz CT molecular complexity index is 872. The summed E-state index contributed by atoms with van der Waals surface area (Å²) >= 11 is 0. The van der Waals surface area contributed by atoms with Gasteiger partial charge >= 0.3 is 6.61 Å². The fourth-order valence-corrected chi connectivity index (χ4v) is 2.83. The molecular weight excluding hydrogens is 397 g/mol. The van der Waals surface area contributed by atoms with Gasteiger partial charge in [-0.2, -0.15) is 8.78 Å². The number of nitrogens with one attached hydrogen (secondary N) is 1. The van der Waals surface area contributed by atoms with Crippen LogP contribution in [0.5, 0.6) is 11.5 Å². The summed E-state index contributed by atoms with van der Waals surface area (Å²) in [6.45, 7) is -0.675. The Morgan fingerprint density at radius 1 is 1.17 bits per heavy atom. The molecule has 0 bridgehead atoms. The number of benzene rings is 2. The molecule has 162 valence electrons. The molecule has 30 heavy (non-hydrogen) atoms. The molecule has 0 saturated heterocycles. The van der Waals surface area contributed by atoms with Crippen LogP contribution in [0.25, 0.3) is 6.08 Å². The third-order valence-electron chi connectivity index (χ3n) is 4.24. The number of carbonyl (C=O) groups is 1. The van der Waals surface area contributed by atoms with Crippen LogP contribution in [0.2, 0.25) is 0 Å². The largest absolute Gasteiger partial charge is 0.490 e. The maximum Gasteiger partial charge on any atom is 0.387 e. The molecule has 0 aliphatic carbocycles. The van der Waals surface area contributed by atoms with Crippen LogP contribution in [-0.4, -0.2) is 44.7 Å². The van der Waals surface area contributed by atoms with E-state index in [1.165, 1.54) is 36.4 Å². The van der Waals surface area contributed by atoms with Gasteiger partial charge in [-0.25, -0.2) is 4.39 Å². The van der Waals surface area contributed by atoms with E-state index in [0.29, 0.717) is 5.56 Å². The van der Waals surface area contributed by atoms with Gasteiger partial charge in [-0.3, -0.25) is 4.79 Å². The first kappa shape index (κ1) is 23.3. The highest BCUT2D eigenvalue weighted by atomic mass is 19.3. The number of likely N-dealkylation sites (N-methyl/N-ethyl adjacent to an activating group) is 1. The number of nitrogens with zero attached hydrogens (tertiary/aromatic N) is 1. The van der Waals surface area contributed by atoms with Crippen molar-refractivity contribution in [1.29, 1.82) is 0 Å². The van der Waals surface area contributed by atoms with Crippen molar-refractivity contribution in [3.05, 3.63) is 65.5 Å². The van der Waals surface area contributed by atoms with E-state index in [0.717, 1.165) is 5.56 Å². The number of amides is 1. The predicted molar refractivity (Wildman–Crippen MR) is 109 cm³/mol. The molecule has 0 saturated carbocycles. The maximum atomic E-state index is 13.5. The Kier molecular flexibility index (Phi) is 8.73. The topological polar surface area (TPSA) is 50.8 Å². The molecule has 2 rings (SSSR count). The van der Waals surface area contributed by atoms with Gasteiger partial charge in [0.05, 0.1) is 12.6 Å². The normalized spacial score (nSPS) is 12.4. The first-order chi connectivity index (χ1) is 14.3. The van der Waals surface area contributed by atoms with E-state index >= 15 is 0 Å². The average molecular weight is 422 g/mol. The van der Waals surface area contributed by atoms with Crippen LogP contribution in [0.3, 0.4) is 0 Å². The molecule has 2 aromatic carbocycles. The second kappa shape index (κ2) is 11.3. The summed E-state index contributed by atoms with van der Waals surface area (Å²) in [6, 6.07) is 10.4. The molecule has 0 aliphatic rings. The minimum Gasteiger partial charge on any atom is -0.490 e. The Labute approximate surface area is 174 Å². The van der Waals surface area contributed by atoms with Crippen molar-refractivity contribution in [2.45, 2.75) is 19.6 Å². The SMILES string of the molecule is CCOc1cc(/C=C/C(=O)NCC(c2cccc(F)c2)N(C)C)ccc1OC(F)F. The molecule has 0 fully saturated rings. The monoisotopic (exact) mass is 422 g/mol. The van der Waals surface area contributed by atoms with E-state index in [1.54, 1.807) is 25.1 Å². The second-order valence-corrected chi connectivity index (χ2v) is 6.63. The maximum absolute atomic E-state index is 13.5. The minimum atomic E-state index is -2.96. The van der Waals surface area contributed by atoms with Gasteiger partial charge in [0.25, 0.3) is 0 Å². The number of alkyl halides is 2. The smallest absolute Gasteiger partial charge is 0.387 e. The average Bonchev–Trinajstić information content (AvgIpc) is 2.68. The molecule has 1 N–H and O–H groups in total. The lowest BCUT2D eigenvalue weighted by Crippen LogP contribution is -2.33. The number of hydrogen-bond donors (Lipinski definition) is 1. The van der Waals surface area contributed by atoms with E-state index in [4.69, 9.17) is 4.74 Å². The zero-order valence-corrected chi connectivity index (χ0v) is 17.1. The summed E-state index contributed by atoms with van der Waals surface area (Å²) in [5.74, 6) is -0.587. The third kappa shape index (κ3) is 7.11. The fraction of sp³-hybridized carbons (Fsp3) is 0.318. The van der Waals surface area contributed by atoms with E-state index in [-0.39, 0.29) is 42.4 Å². The summed E-state index contributed by atoms with van der Waals surface area (Å²) in [6.07, 6.45) is 2.87. The van der Waals surface area contributed by atoms with E-state index in [9.17, 15) is 18.0 Å². The molecule has 1 atom stereocenters. The van der Waals surface area contributed by atoms with Gasteiger partial charge in [0.1, 0.15) is 5.82 Å². The van der Waals surface area contributed by atoms with Crippen LogP contribution >= 0.6 is 0 Å². The summed E-state index contributed by atoms with van der Waals surface area (Å²) in [7, 11) is 3.69. The summed E-state index contributed by atoms with van der Waals surface area (Å²) in [4.78, 5) is 14.1. The minimum absolute atomic E-state index is 0.0719. The standard InChI is InChI=1S/C22H25F3N2O3/c1-4-29-20-12-15(8-10-19(20)30-22(24)25)9-11-21(28)26-14-18(27(2)3)16-6-5-7-17(23)13-16/h5-13,18,22H,4,14H2,1-3H3,(H,26,28)/b11-9+. The van der Waals surface area contributed by atoms with E-state index in [1.807, 2.05) is 19.0 Å². The Balaban J connectivity index is 2.03. The van der Waals surface area contributed by atoms with Crippen molar-refractivity contribution in [3.8, 4) is 11.5 Å². The summed E-state index contributed by atoms with van der Waals surface area (Å²) < 4.78 is 48.2. The summed E-state index contributed by atoms with van der Waals surface area (Å²) in [5, 5.41) is 2.78. The molecule has 1 amide bonds. The highest BCUT2D eigenvalue weighted by Crippen LogP contribution is 2.30. The molecular formula is C22H25F3N2O3. The second-order valence-electron chi connectivity index (χ2n) is 6.63. The van der Waals surface area contributed by atoms with Crippen molar-refractivity contribution in [2.24, 2.45) is 0 Å². The molecule has 0 radical (unpaired) electrons. The molecule has 5 nitrogen and oxygen atoms in total. The number of carbonyl (C=O) groups excluding carboxylic acids is 1. The number of hydrogen-bond acceptors (Lipinski definition) is 4. The zero-order valence-electron chi connectivity index (χ0n) is 17.1. The van der Waals surface area contributed by atoms with Gasteiger partial charge in [-0.15, -0.1) is 0 Å². The Morgan fingerprint density at radius 3 is 2.57 bits per heavy atom. The van der Waals surface area contributed by atoms with E-state index < -0.39 is 6.61 Å². The number of halogens is 3. The van der Waals surface area contributed by atoms with Crippen molar-refractivity contribution >= 4 is 12.0 Å². The fourth-order valence-electron chi connectivity index (χ4n) is 2.83. The van der Waals surface area contributed by atoms with Crippen molar-refractivity contribution < 1.29 is 27.4 Å². The van der Waals surface area contributed by atoms with Gasteiger partial charge in [-0.1, -0.05) is 18.2 Å². The van der Waals surface area contributed by atoms with Gasteiger partial charge < -0.3 is 19.7 Å². The van der Waals surface area contributed by atoms with Gasteiger partial charge in [0.15, 0.2) is 11.5 Å². The number of rotatable bonds is 10. The first-order valence-electron chi connectivity index (χ1n) is 9.39. The van der Waals surface area contributed by atoms with Crippen molar-refractivity contribution in [1.82, 2.24) is 10.2 Å².